The van der Waals surface area contributed by atoms with Crippen molar-refractivity contribution in [3.05, 3.63) is 0 Å². The van der Waals surface area contributed by atoms with Gasteiger partial charge in [0.2, 0.25) is 0 Å². The van der Waals surface area contributed by atoms with Crippen LogP contribution in [-0.4, -0.2) is 14.6 Å². The highest BCUT2D eigenvalue weighted by molar-refractivity contribution is 8.32. The van der Waals surface area contributed by atoms with Crippen LogP contribution in [0.4, 0.5) is 4.79 Å². The largest absolute Gasteiger partial charge is 0.473 e. The maximum atomic E-state index is 9.69. The van der Waals surface area contributed by atoms with E-state index >= 15 is 0 Å². The molecule has 0 aliphatic heterocycles. The molecule has 1 rings (SSSR count). The van der Waals surface area contributed by atoms with Gasteiger partial charge in [-0.05, 0) is 18.7 Å². The average Bonchev–Trinajstić information content (AvgIpc) is 2.06. The molecular weight excluding hydrogens is 204 g/mol. The van der Waals surface area contributed by atoms with Gasteiger partial charge in [0.25, 0.3) is 0 Å². The van der Waals surface area contributed by atoms with Crippen molar-refractivity contribution in [2.75, 3.05) is 0 Å². The lowest BCUT2D eigenvalue weighted by atomic mass is 10.0. The second-order valence-corrected chi connectivity index (χ2v) is 5.02. The van der Waals surface area contributed by atoms with Crippen LogP contribution in [0.3, 0.4) is 0 Å². The van der Waals surface area contributed by atoms with Gasteiger partial charge in [-0.25, -0.2) is 4.79 Å². The molecule has 1 fully saturated rings. The highest BCUT2D eigenvalue weighted by atomic mass is 32.2. The lowest BCUT2D eigenvalue weighted by molar-refractivity contribution is 0.222. The predicted octanol–water partition coefficient (Wildman–Crippen LogP) is 4.09. The smallest absolute Gasteiger partial charge is 0.370 e. The fourth-order valence-corrected chi connectivity index (χ4v) is 1.64. The minimum Gasteiger partial charge on any atom is -0.473 e. The van der Waals surface area contributed by atoms with Gasteiger partial charge < -0.3 is 5.11 Å². The molecule has 0 saturated heterocycles. The molecule has 1 N–H and O–H groups in total. The number of carboxylic acid groups (broad SMARTS) is 1. The highest BCUT2D eigenvalue weighted by Crippen LogP contribution is 2.15. The first-order chi connectivity index (χ1) is 6.13. The first-order valence-corrected chi connectivity index (χ1v) is 5.76. The van der Waals surface area contributed by atoms with Gasteiger partial charge in [0.05, 0.1) is 4.20 Å². The Kier molecular flexibility index (Phi) is 8.45. The van der Waals surface area contributed by atoms with Crippen molar-refractivity contribution in [2.45, 2.75) is 45.4 Å². The van der Waals surface area contributed by atoms with Crippen LogP contribution in [0.1, 0.15) is 45.4 Å². The van der Waals surface area contributed by atoms with Crippen molar-refractivity contribution in [3.8, 4) is 0 Å². The van der Waals surface area contributed by atoms with Crippen molar-refractivity contribution >= 4 is 33.5 Å². The molecule has 0 unspecified atom stereocenters. The van der Waals surface area contributed by atoms with Crippen molar-refractivity contribution < 1.29 is 9.90 Å². The van der Waals surface area contributed by atoms with Gasteiger partial charge in [0, 0.05) is 0 Å². The Hall–Kier alpha value is -0.0900. The molecule has 0 spiro atoms. The van der Waals surface area contributed by atoms with E-state index in [1.165, 1.54) is 38.5 Å². The molecule has 76 valence electrons. The molecule has 0 aromatic heterocycles. The fraction of sp³-hybridized carbons (Fsp3) is 0.778. The number of carbonyl (C=O) groups is 1. The van der Waals surface area contributed by atoms with Gasteiger partial charge in [-0.1, -0.05) is 50.7 Å². The monoisotopic (exact) mass is 220 g/mol. The minimum atomic E-state index is -0.937. The highest BCUT2D eigenvalue weighted by Gasteiger charge is 1.96. The van der Waals surface area contributed by atoms with Gasteiger partial charge >= 0.3 is 5.30 Å². The Morgan fingerprint density at radius 1 is 1.15 bits per heavy atom. The van der Waals surface area contributed by atoms with E-state index in [-0.39, 0.29) is 0 Å². The van der Waals surface area contributed by atoms with Crippen LogP contribution < -0.4 is 0 Å². The second kappa shape index (κ2) is 8.51. The quantitative estimate of drug-likeness (QED) is 0.624. The van der Waals surface area contributed by atoms with E-state index in [2.05, 4.69) is 12.2 Å². The Bertz CT molecular complexity index is 141. The molecule has 0 aromatic carbocycles. The Labute approximate surface area is 89.1 Å². The fourth-order valence-electron chi connectivity index (χ4n) is 1.18. The summed E-state index contributed by atoms with van der Waals surface area (Å²) >= 11 is 5.11. The van der Waals surface area contributed by atoms with E-state index in [1.54, 1.807) is 6.92 Å². The van der Waals surface area contributed by atoms with Gasteiger partial charge in [-0.15, -0.1) is 0 Å². The number of hydrogen-bond acceptors (Lipinski definition) is 3. The van der Waals surface area contributed by atoms with E-state index < -0.39 is 5.30 Å². The summed E-state index contributed by atoms with van der Waals surface area (Å²) in [6.07, 6.45) is 9.00. The standard InChI is InChI=1S/C6H12.C3H4O2S2/c1-2-4-6-5-3-1;1-2(6)7-3(4)5/h1-6H2;1H3,(H,4,5). The summed E-state index contributed by atoms with van der Waals surface area (Å²) in [5.74, 6) is 0. The summed E-state index contributed by atoms with van der Waals surface area (Å²) in [5, 5.41) is 7.02. The summed E-state index contributed by atoms with van der Waals surface area (Å²) < 4.78 is 0.438. The maximum Gasteiger partial charge on any atom is 0.370 e. The molecule has 0 atom stereocenters. The van der Waals surface area contributed by atoms with Crippen LogP contribution in [0.5, 0.6) is 0 Å². The lowest BCUT2D eigenvalue weighted by Gasteiger charge is -2.05. The summed E-state index contributed by atoms with van der Waals surface area (Å²) in [4.78, 5) is 9.69. The molecule has 1 saturated carbocycles. The number of rotatable bonds is 0. The third-order valence-corrected chi connectivity index (χ3v) is 2.44. The molecule has 0 bridgehead atoms. The SMILES string of the molecule is C1CCCCC1.CC(=S)SC(=O)O. The van der Waals surface area contributed by atoms with E-state index in [1.807, 2.05) is 0 Å². The van der Waals surface area contributed by atoms with Crippen molar-refractivity contribution in [2.24, 2.45) is 0 Å². The lowest BCUT2D eigenvalue weighted by Crippen LogP contribution is -1.86. The third-order valence-electron chi connectivity index (χ3n) is 1.73. The molecule has 0 amide bonds. The molecule has 0 heterocycles. The van der Waals surface area contributed by atoms with Crippen molar-refractivity contribution in [1.29, 1.82) is 0 Å². The molecule has 2 nitrogen and oxygen atoms in total. The normalized spacial score (nSPS) is 15.5. The first-order valence-electron chi connectivity index (χ1n) is 4.54. The van der Waals surface area contributed by atoms with Crippen LogP contribution in [-0.2, 0) is 0 Å². The molecular formula is C9H16O2S2. The molecule has 1 aliphatic rings. The number of hydrogen-bond donors (Lipinski definition) is 1. The van der Waals surface area contributed by atoms with E-state index in [0.29, 0.717) is 16.0 Å². The maximum absolute atomic E-state index is 9.69. The summed E-state index contributed by atoms with van der Waals surface area (Å²) in [5.41, 5.74) is 0. The van der Waals surface area contributed by atoms with Crippen LogP contribution in [0, 0.1) is 0 Å². The minimum absolute atomic E-state index is 0.438. The molecule has 13 heavy (non-hydrogen) atoms. The van der Waals surface area contributed by atoms with Crippen LogP contribution in [0.2, 0.25) is 0 Å². The first kappa shape index (κ1) is 12.9. The van der Waals surface area contributed by atoms with Gasteiger partial charge in [-0.3, -0.25) is 0 Å². The van der Waals surface area contributed by atoms with Gasteiger partial charge in [-0.2, -0.15) is 0 Å². The molecule has 1 aliphatic carbocycles. The van der Waals surface area contributed by atoms with E-state index in [0.717, 1.165) is 0 Å². The van der Waals surface area contributed by atoms with Crippen molar-refractivity contribution in [1.82, 2.24) is 0 Å². The summed E-state index contributed by atoms with van der Waals surface area (Å²) in [6.45, 7) is 1.58. The predicted molar refractivity (Wildman–Crippen MR) is 61.6 cm³/mol. The molecule has 0 aromatic rings. The van der Waals surface area contributed by atoms with E-state index in [4.69, 9.17) is 5.11 Å². The Morgan fingerprint density at radius 3 is 1.54 bits per heavy atom. The second-order valence-electron chi connectivity index (χ2n) is 2.98. The summed E-state index contributed by atoms with van der Waals surface area (Å²) in [7, 11) is 0. The van der Waals surface area contributed by atoms with E-state index in [9.17, 15) is 4.79 Å². The summed E-state index contributed by atoms with van der Waals surface area (Å²) in [6, 6.07) is 0. The van der Waals surface area contributed by atoms with Gasteiger partial charge in [0.15, 0.2) is 0 Å². The van der Waals surface area contributed by atoms with Crippen LogP contribution in [0.25, 0.3) is 0 Å². The number of thiocarbonyl (C=S) groups is 1. The van der Waals surface area contributed by atoms with Crippen LogP contribution in [0.15, 0.2) is 0 Å². The topological polar surface area (TPSA) is 37.3 Å². The zero-order valence-electron chi connectivity index (χ0n) is 7.91. The zero-order valence-corrected chi connectivity index (χ0v) is 9.55. The van der Waals surface area contributed by atoms with Crippen LogP contribution >= 0.6 is 24.0 Å². The Morgan fingerprint density at radius 2 is 1.46 bits per heavy atom. The molecule has 4 heteroatoms. The molecule has 0 radical (unpaired) electrons. The van der Waals surface area contributed by atoms with Gasteiger partial charge in [0.1, 0.15) is 0 Å². The zero-order chi connectivity index (χ0) is 10.1. The Balaban J connectivity index is 0.000000223. The number of thioether (sulfide) groups is 1. The third kappa shape index (κ3) is 11.9. The average molecular weight is 220 g/mol. The van der Waals surface area contributed by atoms with Crippen molar-refractivity contribution in [3.63, 3.8) is 0 Å².